The molecule has 58 valence electrons. The summed E-state index contributed by atoms with van der Waals surface area (Å²) in [4.78, 5) is 11.3. The van der Waals surface area contributed by atoms with Crippen molar-refractivity contribution in [3.63, 3.8) is 0 Å². The summed E-state index contributed by atoms with van der Waals surface area (Å²) in [5, 5.41) is 0. The van der Waals surface area contributed by atoms with Crippen molar-refractivity contribution in [3.05, 3.63) is 27.7 Å². The third kappa shape index (κ3) is 1.65. The van der Waals surface area contributed by atoms with Crippen LogP contribution in [0.25, 0.3) is 0 Å². The van der Waals surface area contributed by atoms with Crippen molar-refractivity contribution in [1.29, 1.82) is 0 Å². The number of rotatable bonds is 1. The monoisotopic (exact) mass is 230 g/mol. The minimum Gasteiger partial charge on any atom is -0.298 e. The van der Waals surface area contributed by atoms with Crippen LogP contribution in [0.5, 0.6) is 0 Å². The van der Waals surface area contributed by atoms with E-state index >= 15 is 0 Å². The van der Waals surface area contributed by atoms with Gasteiger partial charge >= 0.3 is 0 Å². The van der Waals surface area contributed by atoms with E-state index in [0.29, 0.717) is 5.56 Å². The fraction of sp³-hybridized carbons (Fsp3) is 0.125. The summed E-state index contributed by atoms with van der Waals surface area (Å²) < 4.78 is 0.833. The molecule has 0 aliphatic carbocycles. The van der Waals surface area contributed by atoms with Gasteiger partial charge in [0.25, 0.3) is 0 Å². The van der Waals surface area contributed by atoms with Gasteiger partial charge in [0, 0.05) is 14.9 Å². The van der Waals surface area contributed by atoms with Crippen LogP contribution < -0.4 is 0 Å². The van der Waals surface area contributed by atoms with Crippen LogP contribution in [0.4, 0.5) is 0 Å². The normalized spacial score (nSPS) is 9.73. The fourth-order valence-electron chi connectivity index (χ4n) is 0.787. The van der Waals surface area contributed by atoms with Gasteiger partial charge in [-0.3, -0.25) is 4.79 Å². The minimum absolute atomic E-state index is 0.667. The molecular formula is C8H7BrOS. The van der Waals surface area contributed by atoms with E-state index in [4.69, 9.17) is 0 Å². The molecule has 0 aliphatic rings. The number of carbonyl (C=O) groups is 1. The van der Waals surface area contributed by atoms with Crippen LogP contribution in [0.1, 0.15) is 15.9 Å². The van der Waals surface area contributed by atoms with Gasteiger partial charge in [0.2, 0.25) is 0 Å². The lowest BCUT2D eigenvalue weighted by Crippen LogP contribution is -1.86. The SMILES string of the molecule is Cc1c(S)ccc(C=O)c1Br. The Morgan fingerprint density at radius 2 is 2.18 bits per heavy atom. The summed E-state index contributed by atoms with van der Waals surface area (Å²) in [7, 11) is 0. The summed E-state index contributed by atoms with van der Waals surface area (Å²) in [6.07, 6.45) is 0.824. The van der Waals surface area contributed by atoms with E-state index in [1.807, 2.05) is 13.0 Å². The zero-order chi connectivity index (χ0) is 8.43. The second kappa shape index (κ2) is 3.41. The topological polar surface area (TPSA) is 17.1 Å². The quantitative estimate of drug-likeness (QED) is 0.580. The molecule has 3 heteroatoms. The van der Waals surface area contributed by atoms with E-state index < -0.39 is 0 Å². The predicted molar refractivity (Wildman–Crippen MR) is 51.5 cm³/mol. The van der Waals surface area contributed by atoms with E-state index in [2.05, 4.69) is 28.6 Å². The molecule has 0 unspecified atom stereocenters. The predicted octanol–water partition coefficient (Wildman–Crippen LogP) is 2.86. The zero-order valence-corrected chi connectivity index (χ0v) is 8.45. The molecule has 1 nitrogen and oxygen atoms in total. The number of thiol groups is 1. The number of halogens is 1. The van der Waals surface area contributed by atoms with Crippen LogP contribution in [0.3, 0.4) is 0 Å². The highest BCUT2D eigenvalue weighted by Gasteiger charge is 2.03. The van der Waals surface area contributed by atoms with Crippen molar-refractivity contribution >= 4 is 34.8 Å². The summed E-state index contributed by atoms with van der Waals surface area (Å²) in [6.45, 7) is 1.92. The van der Waals surface area contributed by atoms with Crippen molar-refractivity contribution in [2.75, 3.05) is 0 Å². The van der Waals surface area contributed by atoms with Gasteiger partial charge in [0.05, 0.1) is 0 Å². The first-order chi connectivity index (χ1) is 5.16. The summed E-state index contributed by atoms with van der Waals surface area (Å²) in [5.41, 5.74) is 1.67. The highest BCUT2D eigenvalue weighted by Crippen LogP contribution is 2.25. The van der Waals surface area contributed by atoms with Gasteiger partial charge in [-0.15, -0.1) is 12.6 Å². The summed E-state index contributed by atoms with van der Waals surface area (Å²) in [5.74, 6) is 0. The van der Waals surface area contributed by atoms with Gasteiger partial charge in [-0.05, 0) is 40.5 Å². The van der Waals surface area contributed by atoms with Gasteiger partial charge in [0.1, 0.15) is 0 Å². The third-order valence-corrected chi connectivity index (χ3v) is 3.05. The van der Waals surface area contributed by atoms with Crippen LogP contribution in [-0.4, -0.2) is 6.29 Å². The number of carbonyl (C=O) groups excluding carboxylic acids is 1. The number of aldehydes is 1. The Balaban J connectivity index is 3.36. The minimum atomic E-state index is 0.667. The molecule has 0 saturated heterocycles. The smallest absolute Gasteiger partial charge is 0.151 e. The molecule has 0 amide bonds. The molecule has 0 atom stereocenters. The molecule has 0 aliphatic heterocycles. The van der Waals surface area contributed by atoms with Gasteiger partial charge in [0.15, 0.2) is 6.29 Å². The first kappa shape index (κ1) is 8.81. The Morgan fingerprint density at radius 1 is 1.55 bits per heavy atom. The standard InChI is InChI=1S/C8H7BrOS/c1-5-7(11)3-2-6(4-10)8(5)9/h2-4,11H,1H3. The Bertz CT molecular complexity index is 296. The maximum Gasteiger partial charge on any atom is 0.151 e. The molecule has 0 fully saturated rings. The maximum atomic E-state index is 10.4. The fourth-order valence-corrected chi connectivity index (χ4v) is 1.57. The Labute approximate surface area is 79.3 Å². The summed E-state index contributed by atoms with van der Waals surface area (Å²) in [6, 6.07) is 3.55. The van der Waals surface area contributed by atoms with Crippen LogP contribution >= 0.6 is 28.6 Å². The maximum absolute atomic E-state index is 10.4. The molecule has 0 heterocycles. The Morgan fingerprint density at radius 3 is 2.73 bits per heavy atom. The lowest BCUT2D eigenvalue weighted by molar-refractivity contribution is 0.112. The molecule has 1 aromatic carbocycles. The third-order valence-electron chi connectivity index (χ3n) is 1.51. The first-order valence-electron chi connectivity index (χ1n) is 3.10. The lowest BCUT2D eigenvalue weighted by Gasteiger charge is -2.02. The number of hydrogen-bond acceptors (Lipinski definition) is 2. The molecule has 0 aromatic heterocycles. The molecule has 11 heavy (non-hydrogen) atoms. The molecule has 1 aromatic rings. The summed E-state index contributed by atoms with van der Waals surface area (Å²) >= 11 is 7.52. The zero-order valence-electron chi connectivity index (χ0n) is 5.97. The largest absolute Gasteiger partial charge is 0.298 e. The molecule has 0 bridgehead atoms. The molecule has 0 saturated carbocycles. The second-order valence-electron chi connectivity index (χ2n) is 2.23. The van der Waals surface area contributed by atoms with Crippen molar-refractivity contribution in [1.82, 2.24) is 0 Å². The molecule has 1 rings (SSSR count). The van der Waals surface area contributed by atoms with E-state index in [-0.39, 0.29) is 0 Å². The van der Waals surface area contributed by atoms with E-state index in [1.54, 1.807) is 6.07 Å². The van der Waals surface area contributed by atoms with Crippen LogP contribution in [0.15, 0.2) is 21.5 Å². The van der Waals surface area contributed by atoms with Crippen molar-refractivity contribution < 1.29 is 4.79 Å². The van der Waals surface area contributed by atoms with E-state index in [9.17, 15) is 4.79 Å². The van der Waals surface area contributed by atoms with Gasteiger partial charge in [-0.25, -0.2) is 0 Å². The highest BCUT2D eigenvalue weighted by atomic mass is 79.9. The van der Waals surface area contributed by atoms with E-state index in [1.165, 1.54) is 0 Å². The molecule has 0 radical (unpaired) electrons. The van der Waals surface area contributed by atoms with Gasteiger partial charge in [-0.1, -0.05) is 0 Å². The molecule has 0 spiro atoms. The molecule has 0 N–H and O–H groups in total. The van der Waals surface area contributed by atoms with Crippen molar-refractivity contribution in [2.45, 2.75) is 11.8 Å². The molecular weight excluding hydrogens is 224 g/mol. The van der Waals surface area contributed by atoms with Crippen molar-refractivity contribution in [2.24, 2.45) is 0 Å². The Hall–Kier alpha value is -0.280. The van der Waals surface area contributed by atoms with Crippen LogP contribution in [0, 0.1) is 6.92 Å². The average molecular weight is 231 g/mol. The number of benzene rings is 1. The lowest BCUT2D eigenvalue weighted by atomic mass is 10.1. The Kier molecular flexibility index (Phi) is 2.73. The van der Waals surface area contributed by atoms with Crippen LogP contribution in [0.2, 0.25) is 0 Å². The first-order valence-corrected chi connectivity index (χ1v) is 4.34. The van der Waals surface area contributed by atoms with Crippen LogP contribution in [-0.2, 0) is 0 Å². The van der Waals surface area contributed by atoms with E-state index in [0.717, 1.165) is 21.2 Å². The average Bonchev–Trinajstić information content (AvgIpc) is 2.01. The van der Waals surface area contributed by atoms with Gasteiger partial charge in [-0.2, -0.15) is 0 Å². The highest BCUT2D eigenvalue weighted by molar-refractivity contribution is 9.10. The number of hydrogen-bond donors (Lipinski definition) is 1. The second-order valence-corrected chi connectivity index (χ2v) is 3.51. The van der Waals surface area contributed by atoms with Gasteiger partial charge < -0.3 is 0 Å². The van der Waals surface area contributed by atoms with Crippen molar-refractivity contribution in [3.8, 4) is 0 Å².